The molecule has 0 radical (unpaired) electrons. The van der Waals surface area contributed by atoms with Crippen molar-refractivity contribution in [1.29, 1.82) is 0 Å². The van der Waals surface area contributed by atoms with Crippen LogP contribution in [0.3, 0.4) is 0 Å². The largest absolute Gasteiger partial charge is 0.349 e. The molecule has 1 aromatic carbocycles. The van der Waals surface area contributed by atoms with Crippen molar-refractivity contribution >= 4 is 40.4 Å². The summed E-state index contributed by atoms with van der Waals surface area (Å²) in [6.07, 6.45) is 2.38. The summed E-state index contributed by atoms with van der Waals surface area (Å²) in [6, 6.07) is 11.5. The maximum Gasteiger partial charge on any atom is 0.261 e. The van der Waals surface area contributed by atoms with E-state index in [-0.39, 0.29) is 11.9 Å². The highest BCUT2D eigenvalue weighted by Gasteiger charge is 2.25. The Morgan fingerprint density at radius 3 is 2.57 bits per heavy atom. The van der Waals surface area contributed by atoms with Gasteiger partial charge in [0.15, 0.2) is 0 Å². The van der Waals surface area contributed by atoms with Crippen LogP contribution in [0.5, 0.6) is 0 Å². The number of benzene rings is 1. The number of likely N-dealkylation sites (tertiary alicyclic amines) is 1. The van der Waals surface area contributed by atoms with E-state index in [4.69, 9.17) is 23.2 Å². The Bertz CT molecular complexity index is 683. The van der Waals surface area contributed by atoms with Crippen LogP contribution in [-0.4, -0.2) is 30.4 Å². The molecule has 1 saturated heterocycles. The van der Waals surface area contributed by atoms with E-state index < -0.39 is 0 Å². The van der Waals surface area contributed by atoms with Crippen molar-refractivity contribution in [3.05, 3.63) is 56.2 Å². The Labute approximate surface area is 150 Å². The van der Waals surface area contributed by atoms with E-state index in [2.05, 4.69) is 10.2 Å². The minimum Gasteiger partial charge on any atom is -0.349 e. The van der Waals surface area contributed by atoms with E-state index >= 15 is 0 Å². The molecule has 0 spiro atoms. The minimum absolute atomic E-state index is 0.0850. The maximum atomic E-state index is 12.3. The van der Waals surface area contributed by atoms with E-state index in [1.807, 2.05) is 24.3 Å². The summed E-state index contributed by atoms with van der Waals surface area (Å²) in [5.74, 6) is -0.0850. The van der Waals surface area contributed by atoms with E-state index in [1.165, 1.54) is 24.2 Å². The van der Waals surface area contributed by atoms with E-state index in [0.717, 1.165) is 23.7 Å². The van der Waals surface area contributed by atoms with Crippen LogP contribution >= 0.6 is 34.5 Å². The molecule has 1 aromatic heterocycles. The molecule has 0 bridgehead atoms. The average Bonchev–Trinajstić information content (AvgIpc) is 3.21. The Balaban J connectivity index is 1.74. The first-order valence-electron chi connectivity index (χ1n) is 7.67. The molecule has 2 heterocycles. The highest BCUT2D eigenvalue weighted by atomic mass is 35.5. The SMILES string of the molecule is O=C(NC[C@H](c1ccccc1Cl)N1CCCC1)c1ccc(Cl)s1. The molecule has 3 rings (SSSR count). The van der Waals surface area contributed by atoms with Crippen molar-refractivity contribution in [3.63, 3.8) is 0 Å². The number of carbonyl (C=O) groups is 1. The third-order valence-electron chi connectivity index (χ3n) is 4.10. The zero-order valence-corrected chi connectivity index (χ0v) is 14.9. The van der Waals surface area contributed by atoms with Gasteiger partial charge in [-0.1, -0.05) is 41.4 Å². The molecule has 2 aromatic rings. The number of thiophene rings is 1. The van der Waals surface area contributed by atoms with Crippen molar-refractivity contribution in [1.82, 2.24) is 10.2 Å². The van der Waals surface area contributed by atoms with Crippen molar-refractivity contribution < 1.29 is 4.79 Å². The Morgan fingerprint density at radius 2 is 1.91 bits per heavy atom. The molecule has 122 valence electrons. The summed E-state index contributed by atoms with van der Waals surface area (Å²) in [5.41, 5.74) is 1.07. The summed E-state index contributed by atoms with van der Waals surface area (Å²) in [5, 5.41) is 3.78. The van der Waals surface area contributed by atoms with E-state index in [0.29, 0.717) is 15.8 Å². The van der Waals surface area contributed by atoms with Crippen LogP contribution in [-0.2, 0) is 0 Å². The standard InChI is InChI=1S/C17H18Cl2N2OS/c18-13-6-2-1-5-12(13)14(21-9-3-4-10-21)11-20-17(22)15-7-8-16(19)23-15/h1-2,5-8,14H,3-4,9-11H2,(H,20,22)/t14-/m1/s1. The Morgan fingerprint density at radius 1 is 1.17 bits per heavy atom. The number of nitrogens with one attached hydrogen (secondary N) is 1. The topological polar surface area (TPSA) is 32.3 Å². The number of halogens is 2. The molecule has 6 heteroatoms. The number of hydrogen-bond donors (Lipinski definition) is 1. The van der Waals surface area contributed by atoms with Gasteiger partial charge in [-0.25, -0.2) is 0 Å². The summed E-state index contributed by atoms with van der Waals surface area (Å²) in [4.78, 5) is 15.3. The smallest absolute Gasteiger partial charge is 0.261 e. The van der Waals surface area contributed by atoms with Gasteiger partial charge in [0.05, 0.1) is 15.3 Å². The number of rotatable bonds is 5. The predicted molar refractivity (Wildman–Crippen MR) is 96.7 cm³/mol. The Kier molecular flexibility index (Phi) is 5.59. The lowest BCUT2D eigenvalue weighted by Gasteiger charge is -2.28. The van der Waals surface area contributed by atoms with Gasteiger partial charge in [0.25, 0.3) is 5.91 Å². The first kappa shape index (κ1) is 16.8. The van der Waals surface area contributed by atoms with Gasteiger partial charge in [0.2, 0.25) is 0 Å². The molecule has 3 nitrogen and oxygen atoms in total. The molecule has 1 aliphatic heterocycles. The van der Waals surface area contributed by atoms with Crippen molar-refractivity contribution in [2.24, 2.45) is 0 Å². The van der Waals surface area contributed by atoms with Gasteiger partial charge in [0.1, 0.15) is 0 Å². The van der Waals surface area contributed by atoms with Crippen LogP contribution in [0.1, 0.15) is 34.1 Å². The fourth-order valence-electron chi connectivity index (χ4n) is 2.95. The van der Waals surface area contributed by atoms with Gasteiger partial charge in [-0.3, -0.25) is 9.69 Å². The van der Waals surface area contributed by atoms with Gasteiger partial charge < -0.3 is 5.32 Å². The van der Waals surface area contributed by atoms with E-state index in [9.17, 15) is 4.79 Å². The predicted octanol–water partition coefficient (Wildman–Crippen LogP) is 4.62. The molecule has 0 aliphatic carbocycles. The van der Waals surface area contributed by atoms with Crippen molar-refractivity contribution in [2.45, 2.75) is 18.9 Å². The zero-order valence-electron chi connectivity index (χ0n) is 12.6. The van der Waals surface area contributed by atoms with Gasteiger partial charge in [0, 0.05) is 11.6 Å². The molecule has 1 amide bonds. The van der Waals surface area contributed by atoms with E-state index in [1.54, 1.807) is 12.1 Å². The fraction of sp³-hybridized carbons (Fsp3) is 0.353. The van der Waals surface area contributed by atoms with Crippen molar-refractivity contribution in [2.75, 3.05) is 19.6 Å². The molecule has 1 atom stereocenters. The van der Waals surface area contributed by atoms with Crippen LogP contribution in [0.25, 0.3) is 0 Å². The molecular weight excluding hydrogens is 351 g/mol. The molecule has 1 fully saturated rings. The summed E-state index contributed by atoms with van der Waals surface area (Å²) in [6.45, 7) is 2.62. The number of nitrogens with zero attached hydrogens (tertiary/aromatic N) is 1. The van der Waals surface area contributed by atoms with Gasteiger partial charge in [-0.15, -0.1) is 11.3 Å². The summed E-state index contributed by atoms with van der Waals surface area (Å²) < 4.78 is 0.623. The molecular formula is C17H18Cl2N2OS. The lowest BCUT2D eigenvalue weighted by Crippen LogP contribution is -2.36. The normalized spacial score (nSPS) is 16.4. The van der Waals surface area contributed by atoms with Crippen LogP contribution in [0.2, 0.25) is 9.36 Å². The average molecular weight is 369 g/mol. The molecule has 1 N–H and O–H groups in total. The van der Waals surface area contributed by atoms with Crippen LogP contribution in [0, 0.1) is 0 Å². The second-order valence-corrected chi connectivity index (χ2v) is 7.72. The number of amides is 1. The molecule has 0 unspecified atom stereocenters. The molecule has 1 aliphatic rings. The summed E-state index contributed by atoms with van der Waals surface area (Å²) >= 11 is 13.6. The van der Waals surface area contributed by atoms with Crippen LogP contribution in [0.4, 0.5) is 0 Å². The minimum atomic E-state index is -0.0850. The second kappa shape index (κ2) is 7.67. The molecule has 23 heavy (non-hydrogen) atoms. The number of hydrogen-bond acceptors (Lipinski definition) is 3. The first-order chi connectivity index (χ1) is 11.1. The third kappa shape index (κ3) is 4.07. The first-order valence-corrected chi connectivity index (χ1v) is 9.24. The third-order valence-corrected chi connectivity index (χ3v) is 5.67. The monoisotopic (exact) mass is 368 g/mol. The van der Waals surface area contributed by atoms with Crippen LogP contribution < -0.4 is 5.32 Å². The van der Waals surface area contributed by atoms with Crippen molar-refractivity contribution in [3.8, 4) is 0 Å². The lowest BCUT2D eigenvalue weighted by molar-refractivity contribution is 0.0942. The maximum absolute atomic E-state index is 12.3. The van der Waals surface area contributed by atoms with Gasteiger partial charge in [-0.05, 0) is 49.7 Å². The highest BCUT2D eigenvalue weighted by Crippen LogP contribution is 2.30. The Hall–Kier alpha value is -1.07. The van der Waals surface area contributed by atoms with Gasteiger partial charge >= 0.3 is 0 Å². The number of carbonyl (C=O) groups excluding carboxylic acids is 1. The summed E-state index contributed by atoms with van der Waals surface area (Å²) in [7, 11) is 0. The quantitative estimate of drug-likeness (QED) is 0.834. The molecule has 0 saturated carbocycles. The fourth-order valence-corrected chi connectivity index (χ4v) is 4.17. The zero-order chi connectivity index (χ0) is 16.2. The highest BCUT2D eigenvalue weighted by molar-refractivity contribution is 7.17. The van der Waals surface area contributed by atoms with Gasteiger partial charge in [-0.2, -0.15) is 0 Å². The lowest BCUT2D eigenvalue weighted by atomic mass is 10.1. The second-order valence-electron chi connectivity index (χ2n) is 5.59. The van der Waals surface area contributed by atoms with Crippen LogP contribution in [0.15, 0.2) is 36.4 Å².